The van der Waals surface area contributed by atoms with Crippen LogP contribution in [0.2, 0.25) is 0 Å². The first kappa shape index (κ1) is 30.0. The smallest absolute Gasteiger partial charge is 0.342 e. The summed E-state index contributed by atoms with van der Waals surface area (Å²) in [4.78, 5) is 68.5. The quantitative estimate of drug-likeness (QED) is 0.176. The predicted molar refractivity (Wildman–Crippen MR) is 163 cm³/mol. The number of hydrogen-bond acceptors (Lipinski definition) is 10. The van der Waals surface area contributed by atoms with Crippen LogP contribution in [0.5, 0.6) is 0 Å². The van der Waals surface area contributed by atoms with Crippen LogP contribution in [0, 0.1) is 0 Å². The van der Waals surface area contributed by atoms with E-state index in [1.807, 2.05) is 0 Å². The molecule has 5 heterocycles. The second-order valence-corrected chi connectivity index (χ2v) is 9.38. The van der Waals surface area contributed by atoms with E-state index in [1.165, 1.54) is 0 Å². The average molecular weight is 599 g/mol. The fraction of sp³-hybridized carbons (Fsp3) is 0.250. The fourth-order valence-electron chi connectivity index (χ4n) is 4.88. The van der Waals surface area contributed by atoms with Gasteiger partial charge in [0.25, 0.3) is 0 Å². The lowest BCUT2D eigenvalue weighted by atomic mass is 10.1. The van der Waals surface area contributed by atoms with Gasteiger partial charge in [0.2, 0.25) is 0 Å². The van der Waals surface area contributed by atoms with Crippen molar-refractivity contribution in [3.05, 3.63) is 69.3 Å². The molecule has 0 unspecified atom stereocenters. The fourth-order valence-corrected chi connectivity index (χ4v) is 4.88. The van der Waals surface area contributed by atoms with Crippen molar-refractivity contribution in [1.29, 1.82) is 0 Å². The molecule has 0 saturated carbocycles. The second kappa shape index (κ2) is 12.8. The molecule has 0 amide bonds. The number of esters is 4. The molecule has 3 aromatic heterocycles. The van der Waals surface area contributed by atoms with E-state index >= 15 is 0 Å². The van der Waals surface area contributed by atoms with Crippen LogP contribution in [0.25, 0.3) is 46.4 Å². The first-order chi connectivity index (χ1) is 21.3. The van der Waals surface area contributed by atoms with Gasteiger partial charge < -0.3 is 28.9 Å². The van der Waals surface area contributed by atoms with Gasteiger partial charge in [-0.15, -0.1) is 0 Å². The summed E-state index contributed by atoms with van der Waals surface area (Å²) in [7, 11) is 0. The van der Waals surface area contributed by atoms with Crippen LogP contribution in [0.4, 0.5) is 0 Å². The van der Waals surface area contributed by atoms with E-state index in [2.05, 4.69) is 19.9 Å². The van der Waals surface area contributed by atoms with Gasteiger partial charge in [-0.2, -0.15) is 0 Å². The molecule has 2 aliphatic rings. The van der Waals surface area contributed by atoms with E-state index in [0.717, 1.165) is 0 Å². The molecule has 2 aliphatic heterocycles. The molecule has 0 fully saturated rings. The molecule has 12 heteroatoms. The topological polar surface area (TPSA) is 163 Å². The third-order valence-corrected chi connectivity index (χ3v) is 6.67. The van der Waals surface area contributed by atoms with Crippen molar-refractivity contribution < 1.29 is 38.1 Å². The van der Waals surface area contributed by atoms with E-state index in [4.69, 9.17) is 18.9 Å². The lowest BCUT2D eigenvalue weighted by Gasteiger charge is -2.05. The Labute approximate surface area is 251 Å². The van der Waals surface area contributed by atoms with Gasteiger partial charge in [-0.05, 0) is 76.3 Å². The highest BCUT2D eigenvalue weighted by atomic mass is 16.5. The van der Waals surface area contributed by atoms with Crippen molar-refractivity contribution in [3.8, 4) is 0 Å². The van der Waals surface area contributed by atoms with Gasteiger partial charge in [-0.25, -0.2) is 29.1 Å². The minimum atomic E-state index is -0.684. The van der Waals surface area contributed by atoms with Crippen molar-refractivity contribution >= 4 is 70.2 Å². The molecule has 12 nitrogen and oxygen atoms in total. The number of rotatable bonds is 8. The molecule has 8 bridgehead atoms. The van der Waals surface area contributed by atoms with Gasteiger partial charge in [-0.1, -0.05) is 0 Å². The number of ether oxygens (including phenoxy) is 4. The van der Waals surface area contributed by atoms with Crippen molar-refractivity contribution in [3.63, 3.8) is 0 Å². The summed E-state index contributed by atoms with van der Waals surface area (Å²) in [6, 6.07) is 6.49. The highest BCUT2D eigenvalue weighted by Crippen LogP contribution is 2.28. The number of H-pyrrole nitrogens is 2. The standard InChI is InChI=1S/C32H30N4O8/c1-5-41-29(37)25-17-9-11-19(33-17)26(30(38)42-6-2)21-13-15-23(35-21)28(32(40)44-8-4)24-16-14-22(36-24)27(31(39)43-7-3)20-12-10-18(25)34-20/h9-16,33-34H,5-8H2,1-4H3. The van der Waals surface area contributed by atoms with Crippen LogP contribution in [0.3, 0.4) is 0 Å². The predicted octanol–water partition coefficient (Wildman–Crippen LogP) is 5.36. The molecule has 0 atom stereocenters. The molecule has 3 aromatic rings. The normalized spacial score (nSPS) is 11.7. The number of aromatic amines is 2. The van der Waals surface area contributed by atoms with E-state index in [0.29, 0.717) is 22.1 Å². The summed E-state index contributed by atoms with van der Waals surface area (Å²) in [5.41, 5.74) is 2.46. The van der Waals surface area contributed by atoms with Crippen LogP contribution >= 0.6 is 0 Å². The minimum Gasteiger partial charge on any atom is -0.462 e. The Balaban J connectivity index is 2.00. The molecule has 0 radical (unpaired) electrons. The maximum atomic E-state index is 13.3. The van der Waals surface area contributed by atoms with E-state index < -0.39 is 23.9 Å². The van der Waals surface area contributed by atoms with E-state index in [1.54, 1.807) is 76.3 Å². The highest BCUT2D eigenvalue weighted by molar-refractivity contribution is 6.08. The number of nitrogens with zero attached hydrogens (tertiary/aromatic N) is 2. The number of fused-ring (bicyclic) bond motifs is 8. The molecule has 0 saturated heterocycles. The van der Waals surface area contributed by atoms with Gasteiger partial charge in [0.15, 0.2) is 0 Å². The molecule has 0 spiro atoms. The van der Waals surface area contributed by atoms with Crippen molar-refractivity contribution in [2.45, 2.75) is 27.7 Å². The number of nitrogens with one attached hydrogen (secondary N) is 2. The number of aromatic nitrogens is 4. The van der Waals surface area contributed by atoms with Gasteiger partial charge in [0.05, 0.1) is 71.3 Å². The van der Waals surface area contributed by atoms with E-state index in [9.17, 15) is 19.2 Å². The van der Waals surface area contributed by atoms with Gasteiger partial charge >= 0.3 is 23.9 Å². The summed E-state index contributed by atoms with van der Waals surface area (Å²) in [6.07, 6.45) is 6.29. The maximum Gasteiger partial charge on any atom is 0.342 e. The van der Waals surface area contributed by atoms with Crippen LogP contribution in [-0.4, -0.2) is 70.2 Å². The van der Waals surface area contributed by atoms with Crippen LogP contribution in [-0.2, 0) is 18.9 Å². The largest absolute Gasteiger partial charge is 0.462 e. The highest BCUT2D eigenvalue weighted by Gasteiger charge is 2.25. The third-order valence-electron chi connectivity index (χ3n) is 6.67. The Bertz CT molecular complexity index is 1780. The average Bonchev–Trinajstić information content (AvgIpc) is 3.80. The Morgan fingerprint density at radius 2 is 0.750 bits per heavy atom. The lowest BCUT2D eigenvalue weighted by molar-refractivity contribution is 0.0517. The molecule has 44 heavy (non-hydrogen) atoms. The summed E-state index contributed by atoms with van der Waals surface area (Å²) in [6.45, 7) is 7.15. The zero-order chi connectivity index (χ0) is 31.4. The molecule has 226 valence electrons. The summed E-state index contributed by atoms with van der Waals surface area (Å²) in [5.74, 6) is -2.64. The zero-order valence-corrected chi connectivity index (χ0v) is 24.6. The van der Waals surface area contributed by atoms with Crippen molar-refractivity contribution in [1.82, 2.24) is 19.9 Å². The first-order valence-electron chi connectivity index (χ1n) is 14.2. The molecular weight excluding hydrogens is 568 g/mol. The molecule has 5 rings (SSSR count). The Kier molecular flexibility index (Phi) is 8.70. The zero-order valence-electron chi connectivity index (χ0n) is 24.6. The molecular formula is C32H30N4O8. The summed E-state index contributed by atoms with van der Waals surface area (Å²) >= 11 is 0. The third kappa shape index (κ3) is 5.61. The molecule has 0 aliphatic carbocycles. The first-order valence-corrected chi connectivity index (χ1v) is 14.2. The van der Waals surface area contributed by atoms with Crippen LogP contribution < -0.4 is 0 Å². The lowest BCUT2D eigenvalue weighted by Crippen LogP contribution is -2.10. The van der Waals surface area contributed by atoms with Crippen molar-refractivity contribution in [2.24, 2.45) is 0 Å². The van der Waals surface area contributed by atoms with Gasteiger partial charge in [0, 0.05) is 0 Å². The Morgan fingerprint density at radius 1 is 0.477 bits per heavy atom. The maximum absolute atomic E-state index is 13.3. The summed E-state index contributed by atoms with van der Waals surface area (Å²) < 4.78 is 21.4. The van der Waals surface area contributed by atoms with E-state index in [-0.39, 0.29) is 71.5 Å². The monoisotopic (exact) mass is 598 g/mol. The van der Waals surface area contributed by atoms with Crippen molar-refractivity contribution in [2.75, 3.05) is 26.4 Å². The SMILES string of the molecule is CCOC(=O)c1c2nc(c(C(=O)OCC)c3ccc([nH]3)c(C(=O)OCC)c3ccc([nH]3)c(C(=O)OCC)c3nc1C=C3)C=C2. The van der Waals surface area contributed by atoms with Gasteiger partial charge in [-0.3, -0.25) is 0 Å². The number of carbonyl (C=O) groups is 4. The number of hydrogen-bond donors (Lipinski definition) is 2. The molecule has 2 N–H and O–H groups in total. The minimum absolute atomic E-state index is 0.0418. The Hall–Kier alpha value is -5.52. The van der Waals surface area contributed by atoms with Crippen LogP contribution in [0.15, 0.2) is 24.3 Å². The Morgan fingerprint density at radius 3 is 1.09 bits per heavy atom. The van der Waals surface area contributed by atoms with Gasteiger partial charge in [0.1, 0.15) is 22.3 Å². The summed E-state index contributed by atoms with van der Waals surface area (Å²) in [5, 5.41) is 0. The number of carbonyl (C=O) groups excluding carboxylic acids is 4. The second-order valence-electron chi connectivity index (χ2n) is 9.38. The van der Waals surface area contributed by atoms with Crippen LogP contribution in [0.1, 0.15) is 91.9 Å². The molecule has 0 aromatic carbocycles.